The molecule has 0 aliphatic rings. The molecule has 0 fully saturated rings. The van der Waals surface area contributed by atoms with Crippen molar-refractivity contribution in [2.24, 2.45) is 0 Å². The van der Waals surface area contributed by atoms with Gasteiger partial charge in [-0.1, -0.05) is 47.5 Å². The smallest absolute Gasteiger partial charge is 0.339 e. The number of rotatable bonds is 3. The first-order chi connectivity index (χ1) is 13.4. The average molecular weight is 413 g/mol. The van der Waals surface area contributed by atoms with Gasteiger partial charge in [-0.3, -0.25) is 0 Å². The van der Waals surface area contributed by atoms with Crippen LogP contribution >= 0.6 is 23.2 Å². The van der Waals surface area contributed by atoms with Crippen LogP contribution in [0.5, 0.6) is 0 Å². The summed E-state index contributed by atoms with van der Waals surface area (Å²) in [6.45, 7) is 1.81. The van der Waals surface area contributed by atoms with Crippen LogP contribution in [0.2, 0.25) is 10.0 Å². The molecule has 0 saturated heterocycles. The molecule has 0 bridgehead atoms. The predicted octanol–water partition coefficient (Wildman–Crippen LogP) is 6.33. The molecule has 0 aliphatic heterocycles. The minimum absolute atomic E-state index is 0.0193. The maximum atomic E-state index is 12.3. The Balaban J connectivity index is 2.12. The van der Waals surface area contributed by atoms with Crippen molar-refractivity contribution in [2.75, 3.05) is 6.61 Å². The fourth-order valence-corrected chi connectivity index (χ4v) is 4.07. The highest BCUT2D eigenvalue weighted by Gasteiger charge is 2.21. The summed E-state index contributed by atoms with van der Waals surface area (Å²) >= 11 is 13.3. The van der Waals surface area contributed by atoms with Crippen LogP contribution in [-0.4, -0.2) is 23.7 Å². The van der Waals surface area contributed by atoms with Crippen molar-refractivity contribution in [1.82, 2.24) is 0 Å². The lowest BCUT2D eigenvalue weighted by Crippen LogP contribution is -2.11. The summed E-state index contributed by atoms with van der Waals surface area (Å²) in [7, 11) is 0. The van der Waals surface area contributed by atoms with Crippen molar-refractivity contribution in [3.63, 3.8) is 0 Å². The molecule has 0 amide bonds. The van der Waals surface area contributed by atoms with Crippen LogP contribution in [0.1, 0.15) is 27.6 Å². The lowest BCUT2D eigenvalue weighted by Gasteiger charge is -2.13. The summed E-state index contributed by atoms with van der Waals surface area (Å²) in [6.07, 6.45) is 0. The second kappa shape index (κ2) is 6.97. The zero-order chi connectivity index (χ0) is 20.0. The van der Waals surface area contributed by atoms with Crippen molar-refractivity contribution >= 4 is 67.5 Å². The number of esters is 1. The number of carbonyl (C=O) groups is 2. The quantitative estimate of drug-likeness (QED) is 0.315. The highest BCUT2D eigenvalue weighted by atomic mass is 35.5. The number of fused-ring (bicyclic) bond motifs is 3. The zero-order valence-corrected chi connectivity index (χ0v) is 16.3. The fourth-order valence-electron chi connectivity index (χ4n) is 3.42. The molecule has 1 N–H and O–H groups in total. The summed E-state index contributed by atoms with van der Waals surface area (Å²) in [5.74, 6) is -1.92. The van der Waals surface area contributed by atoms with Gasteiger partial charge in [0.05, 0.1) is 27.8 Å². The van der Waals surface area contributed by atoms with Crippen molar-refractivity contribution < 1.29 is 19.4 Å². The van der Waals surface area contributed by atoms with Gasteiger partial charge in [0, 0.05) is 21.5 Å². The summed E-state index contributed by atoms with van der Waals surface area (Å²) in [6, 6.07) is 14.3. The maximum Gasteiger partial charge on any atom is 0.339 e. The summed E-state index contributed by atoms with van der Waals surface area (Å²) in [5, 5.41) is 14.9. The molecular weight excluding hydrogens is 399 g/mol. The first kappa shape index (κ1) is 18.5. The largest absolute Gasteiger partial charge is 0.478 e. The lowest BCUT2D eigenvalue weighted by molar-refractivity contribution is 0.0515. The second-order valence-corrected chi connectivity index (χ2v) is 7.10. The van der Waals surface area contributed by atoms with E-state index in [-0.39, 0.29) is 17.7 Å². The number of ether oxygens (including phenoxy) is 1. The third-order valence-electron chi connectivity index (χ3n) is 4.71. The molecule has 0 spiro atoms. The molecule has 0 unspecified atom stereocenters. The van der Waals surface area contributed by atoms with E-state index < -0.39 is 11.9 Å². The molecule has 28 heavy (non-hydrogen) atoms. The van der Waals surface area contributed by atoms with E-state index in [1.807, 2.05) is 36.4 Å². The third kappa shape index (κ3) is 2.86. The van der Waals surface area contributed by atoms with Crippen LogP contribution < -0.4 is 0 Å². The van der Waals surface area contributed by atoms with E-state index in [4.69, 9.17) is 27.9 Å². The molecule has 4 aromatic rings. The Bertz CT molecular complexity index is 1290. The Hall–Kier alpha value is -2.82. The number of halogens is 2. The number of carbonyl (C=O) groups excluding carboxylic acids is 1. The first-order valence-corrected chi connectivity index (χ1v) is 9.35. The zero-order valence-electron chi connectivity index (χ0n) is 14.8. The summed E-state index contributed by atoms with van der Waals surface area (Å²) in [5.41, 5.74) is -0.173. The molecule has 4 rings (SSSR count). The number of aromatic carboxylic acids is 1. The van der Waals surface area contributed by atoms with E-state index >= 15 is 0 Å². The van der Waals surface area contributed by atoms with Gasteiger partial charge in [-0.25, -0.2) is 9.59 Å². The summed E-state index contributed by atoms with van der Waals surface area (Å²) < 4.78 is 5.01. The molecule has 0 aliphatic carbocycles. The molecule has 6 heteroatoms. The molecule has 140 valence electrons. The molecule has 0 heterocycles. The van der Waals surface area contributed by atoms with E-state index in [1.165, 1.54) is 12.1 Å². The molecule has 0 aromatic heterocycles. The molecule has 0 radical (unpaired) electrons. The first-order valence-electron chi connectivity index (χ1n) is 8.60. The lowest BCUT2D eigenvalue weighted by atomic mass is 9.96. The maximum absolute atomic E-state index is 12.3. The molecule has 0 atom stereocenters. The monoisotopic (exact) mass is 412 g/mol. The Labute approximate surface area is 170 Å². The minimum Gasteiger partial charge on any atom is -0.478 e. The SMILES string of the molecule is CCOC(=O)c1cc2cc3c(Cl)c4ccccc4cc3c(Cl)c2cc1C(=O)O. The Morgan fingerprint density at radius 3 is 2.18 bits per heavy atom. The van der Waals surface area contributed by atoms with Crippen LogP contribution in [0.4, 0.5) is 0 Å². The number of hydrogen-bond acceptors (Lipinski definition) is 3. The van der Waals surface area contributed by atoms with E-state index in [1.54, 1.807) is 6.92 Å². The Morgan fingerprint density at radius 1 is 0.857 bits per heavy atom. The van der Waals surface area contributed by atoms with E-state index in [2.05, 4.69) is 0 Å². The predicted molar refractivity (Wildman–Crippen MR) is 112 cm³/mol. The molecule has 0 saturated carbocycles. The molecular formula is C22H14Cl2O4. The average Bonchev–Trinajstić information content (AvgIpc) is 2.68. The highest BCUT2D eigenvalue weighted by molar-refractivity contribution is 6.46. The second-order valence-electron chi connectivity index (χ2n) is 6.34. The van der Waals surface area contributed by atoms with Gasteiger partial charge in [-0.15, -0.1) is 0 Å². The number of benzene rings is 4. The van der Waals surface area contributed by atoms with Crippen LogP contribution in [-0.2, 0) is 4.74 Å². The Kier molecular flexibility index (Phi) is 4.61. The van der Waals surface area contributed by atoms with Crippen molar-refractivity contribution in [1.29, 1.82) is 0 Å². The van der Waals surface area contributed by atoms with Crippen LogP contribution in [0, 0.1) is 0 Å². The number of carboxylic acids is 1. The van der Waals surface area contributed by atoms with Crippen molar-refractivity contribution in [2.45, 2.75) is 6.92 Å². The normalized spacial score (nSPS) is 11.2. The van der Waals surface area contributed by atoms with Crippen molar-refractivity contribution in [3.8, 4) is 0 Å². The fraction of sp³-hybridized carbons (Fsp3) is 0.0909. The molecule has 4 aromatic carbocycles. The van der Waals surface area contributed by atoms with Crippen molar-refractivity contribution in [3.05, 3.63) is 69.7 Å². The Morgan fingerprint density at radius 2 is 1.50 bits per heavy atom. The van der Waals surface area contributed by atoms with Gasteiger partial charge >= 0.3 is 11.9 Å². The van der Waals surface area contributed by atoms with Gasteiger partial charge in [-0.05, 0) is 42.0 Å². The van der Waals surface area contributed by atoms with E-state index in [0.29, 0.717) is 20.8 Å². The van der Waals surface area contributed by atoms with Gasteiger partial charge in [0.1, 0.15) is 0 Å². The van der Waals surface area contributed by atoms with Crippen LogP contribution in [0.15, 0.2) is 48.5 Å². The van der Waals surface area contributed by atoms with E-state index in [9.17, 15) is 14.7 Å². The van der Waals surface area contributed by atoms with Gasteiger partial charge < -0.3 is 9.84 Å². The van der Waals surface area contributed by atoms with Crippen LogP contribution in [0.3, 0.4) is 0 Å². The number of hydrogen-bond donors (Lipinski definition) is 1. The molecule has 4 nitrogen and oxygen atoms in total. The van der Waals surface area contributed by atoms with Gasteiger partial charge in [-0.2, -0.15) is 0 Å². The van der Waals surface area contributed by atoms with E-state index in [0.717, 1.165) is 21.5 Å². The summed E-state index contributed by atoms with van der Waals surface area (Å²) in [4.78, 5) is 24.0. The van der Waals surface area contributed by atoms with Gasteiger partial charge in [0.15, 0.2) is 0 Å². The van der Waals surface area contributed by atoms with Gasteiger partial charge in [0.25, 0.3) is 0 Å². The standard InChI is InChI=1S/C22H14Cl2O4/c1-2-28-22(27)18-9-12-8-16-15(20(24)14(12)10-17(18)21(25)26)7-11-5-3-4-6-13(11)19(16)23/h3-10H,2H2,1H3,(H,25,26). The van der Waals surface area contributed by atoms with Gasteiger partial charge in [0.2, 0.25) is 0 Å². The topological polar surface area (TPSA) is 63.6 Å². The minimum atomic E-state index is -1.22. The highest BCUT2D eigenvalue weighted by Crippen LogP contribution is 2.40. The number of carboxylic acid groups (broad SMARTS) is 1. The van der Waals surface area contributed by atoms with Crippen LogP contribution in [0.25, 0.3) is 32.3 Å². The third-order valence-corrected chi connectivity index (χ3v) is 5.53.